The van der Waals surface area contributed by atoms with Gasteiger partial charge in [0.05, 0.1) is 10.9 Å². The summed E-state index contributed by atoms with van der Waals surface area (Å²) in [5, 5.41) is 6.27. The number of sulfonamides is 1. The zero-order valence-electron chi connectivity index (χ0n) is 18.8. The third-order valence-electron chi connectivity index (χ3n) is 7.67. The quantitative estimate of drug-likeness (QED) is 0.473. The second-order valence-corrected chi connectivity index (χ2v) is 11.6. The molecule has 3 atom stereocenters. The van der Waals surface area contributed by atoms with Gasteiger partial charge in [0, 0.05) is 24.7 Å². The molecule has 1 fully saturated rings. The van der Waals surface area contributed by atoms with Gasteiger partial charge in [-0.2, -0.15) is 4.31 Å². The van der Waals surface area contributed by atoms with Crippen molar-refractivity contribution < 1.29 is 8.42 Å². The first-order chi connectivity index (χ1) is 16.1. The lowest BCUT2D eigenvalue weighted by Crippen LogP contribution is -2.33. The molecule has 0 aromatic heterocycles. The number of hydrogen-bond donors (Lipinski definition) is 1. The number of nitrogens with zero attached hydrogens (tertiary/aromatic N) is 1. The third kappa shape index (κ3) is 3.68. The highest BCUT2D eigenvalue weighted by Gasteiger charge is 2.39. The van der Waals surface area contributed by atoms with Crippen molar-refractivity contribution in [2.45, 2.75) is 49.0 Å². The van der Waals surface area contributed by atoms with Gasteiger partial charge in [0.2, 0.25) is 10.0 Å². The molecule has 2 aliphatic heterocycles. The lowest BCUT2D eigenvalue weighted by Gasteiger charge is -2.38. The fourth-order valence-electron chi connectivity index (χ4n) is 5.90. The normalized spacial score (nSPS) is 25.3. The third-order valence-corrected chi connectivity index (χ3v) is 9.56. The van der Waals surface area contributed by atoms with Crippen molar-refractivity contribution >= 4 is 26.5 Å². The van der Waals surface area contributed by atoms with Crippen LogP contribution in [0, 0.1) is 5.92 Å². The topological polar surface area (TPSA) is 49.4 Å². The first-order valence-electron chi connectivity index (χ1n) is 12.2. The number of benzene rings is 3. The highest BCUT2D eigenvalue weighted by Crippen LogP contribution is 2.50. The van der Waals surface area contributed by atoms with E-state index in [9.17, 15) is 8.42 Å². The lowest BCUT2D eigenvalue weighted by atomic mass is 9.77. The zero-order chi connectivity index (χ0) is 22.4. The summed E-state index contributed by atoms with van der Waals surface area (Å²) >= 11 is 0. The van der Waals surface area contributed by atoms with Gasteiger partial charge in [0.15, 0.2) is 0 Å². The second kappa shape index (κ2) is 8.30. The minimum atomic E-state index is -3.46. The molecule has 1 saturated heterocycles. The van der Waals surface area contributed by atoms with Crippen molar-refractivity contribution in [3.63, 3.8) is 0 Å². The minimum Gasteiger partial charge on any atom is -0.378 e. The molecule has 2 heterocycles. The predicted molar refractivity (Wildman–Crippen MR) is 134 cm³/mol. The van der Waals surface area contributed by atoms with E-state index >= 15 is 0 Å². The van der Waals surface area contributed by atoms with E-state index in [2.05, 4.69) is 59.9 Å². The Morgan fingerprint density at radius 1 is 0.848 bits per heavy atom. The predicted octanol–water partition coefficient (Wildman–Crippen LogP) is 6.23. The van der Waals surface area contributed by atoms with Crippen LogP contribution in [0.15, 0.2) is 77.7 Å². The summed E-state index contributed by atoms with van der Waals surface area (Å²) in [6, 6.07) is 21.1. The van der Waals surface area contributed by atoms with E-state index in [0.717, 1.165) is 43.4 Å². The SMILES string of the molecule is O=S(=O)(c1ccc2c(c1)C1C=CCC1C(c1ccc3ccccc3c1)N2)N1CCCCCC1. The molecule has 1 N–H and O–H groups in total. The van der Waals surface area contributed by atoms with Crippen molar-refractivity contribution in [1.82, 2.24) is 4.31 Å². The van der Waals surface area contributed by atoms with Crippen molar-refractivity contribution in [1.29, 1.82) is 0 Å². The molecular formula is C28H30N2O2S. The van der Waals surface area contributed by atoms with Gasteiger partial charge in [-0.3, -0.25) is 0 Å². The van der Waals surface area contributed by atoms with Crippen molar-refractivity contribution in [2.24, 2.45) is 5.92 Å². The summed E-state index contributed by atoms with van der Waals surface area (Å²) in [5.74, 6) is 0.617. The Bertz CT molecular complexity index is 1320. The smallest absolute Gasteiger partial charge is 0.243 e. The van der Waals surface area contributed by atoms with E-state index in [4.69, 9.17) is 0 Å². The molecule has 5 heteroatoms. The largest absolute Gasteiger partial charge is 0.378 e. The van der Waals surface area contributed by atoms with E-state index in [0.29, 0.717) is 23.9 Å². The van der Waals surface area contributed by atoms with Crippen molar-refractivity contribution in [3.05, 3.63) is 83.9 Å². The van der Waals surface area contributed by atoms with Gasteiger partial charge in [-0.15, -0.1) is 0 Å². The molecule has 3 unspecified atom stereocenters. The molecule has 0 spiro atoms. The lowest BCUT2D eigenvalue weighted by molar-refractivity contribution is 0.420. The molecule has 4 nitrogen and oxygen atoms in total. The first kappa shape index (κ1) is 20.9. The monoisotopic (exact) mass is 458 g/mol. The van der Waals surface area contributed by atoms with Crippen LogP contribution in [0.3, 0.4) is 0 Å². The molecule has 0 saturated carbocycles. The van der Waals surface area contributed by atoms with E-state index < -0.39 is 10.0 Å². The van der Waals surface area contributed by atoms with Crippen LogP contribution in [0.4, 0.5) is 5.69 Å². The molecule has 1 aliphatic carbocycles. The van der Waals surface area contributed by atoms with Gasteiger partial charge in [0.1, 0.15) is 0 Å². The standard InChI is InChI=1S/C28H30N2O2S/c31-33(32,30-16-5-1-2-6-17-30)23-14-15-27-26(19-23)24-10-7-11-25(24)28(29-27)22-13-12-20-8-3-4-9-21(20)18-22/h3-4,7-10,12-15,18-19,24-25,28-29H,1-2,5-6,11,16-17H2. The van der Waals surface area contributed by atoms with Crippen LogP contribution >= 0.6 is 0 Å². The summed E-state index contributed by atoms with van der Waals surface area (Å²) in [7, 11) is -3.46. The Labute approximate surface area is 196 Å². The maximum Gasteiger partial charge on any atom is 0.243 e. The van der Waals surface area contributed by atoms with E-state index in [1.54, 1.807) is 10.4 Å². The van der Waals surface area contributed by atoms with Crippen LogP contribution in [0.1, 0.15) is 55.2 Å². The van der Waals surface area contributed by atoms with Crippen LogP contribution in [0.25, 0.3) is 10.8 Å². The average molecular weight is 459 g/mol. The van der Waals surface area contributed by atoms with Crippen LogP contribution in [0.2, 0.25) is 0 Å². The van der Waals surface area contributed by atoms with Crippen LogP contribution in [-0.2, 0) is 10.0 Å². The van der Waals surface area contributed by atoms with E-state index in [-0.39, 0.29) is 12.0 Å². The van der Waals surface area contributed by atoms with Gasteiger partial charge in [-0.25, -0.2) is 8.42 Å². The summed E-state index contributed by atoms with van der Waals surface area (Å²) in [5.41, 5.74) is 3.46. The van der Waals surface area contributed by atoms with Crippen LogP contribution in [0.5, 0.6) is 0 Å². The zero-order valence-corrected chi connectivity index (χ0v) is 19.6. The molecule has 6 rings (SSSR count). The molecule has 0 radical (unpaired) electrons. The summed E-state index contributed by atoms with van der Waals surface area (Å²) < 4.78 is 28.5. The van der Waals surface area contributed by atoms with Gasteiger partial charge in [-0.05, 0) is 71.3 Å². The van der Waals surface area contributed by atoms with Gasteiger partial charge in [-0.1, -0.05) is 61.4 Å². The summed E-state index contributed by atoms with van der Waals surface area (Å²) in [4.78, 5) is 0.438. The average Bonchev–Trinajstić information content (AvgIpc) is 3.17. The molecule has 3 aliphatic rings. The first-order valence-corrected chi connectivity index (χ1v) is 13.6. The second-order valence-electron chi connectivity index (χ2n) is 9.65. The number of anilines is 1. The van der Waals surface area contributed by atoms with Crippen molar-refractivity contribution in [2.75, 3.05) is 18.4 Å². The molecule has 3 aromatic rings. The highest BCUT2D eigenvalue weighted by molar-refractivity contribution is 7.89. The molecule has 0 amide bonds. The summed E-state index contributed by atoms with van der Waals surface area (Å²) in [6.07, 6.45) is 9.67. The maximum atomic E-state index is 13.4. The fraction of sp³-hybridized carbons (Fsp3) is 0.357. The Kier molecular flexibility index (Phi) is 5.27. The number of allylic oxidation sites excluding steroid dienone is 2. The molecular weight excluding hydrogens is 428 g/mol. The van der Waals surface area contributed by atoms with Crippen molar-refractivity contribution in [3.8, 4) is 0 Å². The summed E-state index contributed by atoms with van der Waals surface area (Å²) in [6.45, 7) is 1.27. The fourth-order valence-corrected chi connectivity index (χ4v) is 7.45. The van der Waals surface area contributed by atoms with Crippen LogP contribution < -0.4 is 5.32 Å². The Morgan fingerprint density at radius 3 is 2.45 bits per heavy atom. The van der Waals surface area contributed by atoms with Gasteiger partial charge in [0.25, 0.3) is 0 Å². The Hall–Kier alpha value is -2.63. The number of nitrogens with one attached hydrogen (secondary N) is 1. The van der Waals surface area contributed by atoms with Crippen LogP contribution in [-0.4, -0.2) is 25.8 Å². The Morgan fingerprint density at radius 2 is 1.64 bits per heavy atom. The maximum absolute atomic E-state index is 13.4. The number of rotatable bonds is 3. The van der Waals surface area contributed by atoms with Gasteiger partial charge < -0.3 is 5.32 Å². The molecule has 0 bridgehead atoms. The van der Waals surface area contributed by atoms with Gasteiger partial charge >= 0.3 is 0 Å². The Balaban J connectivity index is 1.36. The number of hydrogen-bond acceptors (Lipinski definition) is 3. The minimum absolute atomic E-state index is 0.204. The molecule has 3 aromatic carbocycles. The number of fused-ring (bicyclic) bond motifs is 4. The molecule has 170 valence electrons. The highest BCUT2D eigenvalue weighted by atomic mass is 32.2. The van der Waals surface area contributed by atoms with E-state index in [1.807, 2.05) is 12.1 Å². The van der Waals surface area contributed by atoms with E-state index in [1.165, 1.54) is 16.3 Å². The molecule has 33 heavy (non-hydrogen) atoms.